The first-order chi connectivity index (χ1) is 13.8. The van der Waals surface area contributed by atoms with Gasteiger partial charge in [-0.2, -0.15) is 0 Å². The van der Waals surface area contributed by atoms with Gasteiger partial charge in [0.2, 0.25) is 5.91 Å². The van der Waals surface area contributed by atoms with E-state index in [1.807, 2.05) is 54.0 Å². The van der Waals surface area contributed by atoms with Crippen LogP contribution in [0.1, 0.15) is 19.8 Å². The van der Waals surface area contributed by atoms with Crippen LogP contribution >= 0.6 is 11.8 Å². The first kappa shape index (κ1) is 18.5. The van der Waals surface area contributed by atoms with E-state index in [-0.39, 0.29) is 11.7 Å². The zero-order chi connectivity index (χ0) is 19.3. The molecule has 0 aliphatic heterocycles. The Kier molecular flexibility index (Phi) is 5.57. The lowest BCUT2D eigenvalue weighted by Crippen LogP contribution is -2.27. The molecule has 0 atom stereocenters. The Bertz CT molecular complexity index is 956. The molecule has 8 heteroatoms. The topological polar surface area (TPSA) is 81.9 Å². The van der Waals surface area contributed by atoms with Crippen molar-refractivity contribution >= 4 is 17.7 Å². The SMILES string of the molecule is CCOc1ccccc1-n1c(SCC(=O)NC2CC2)nnc1-c1ccccn1. The number of aromatic nitrogens is 4. The second-order valence-corrected chi connectivity index (χ2v) is 7.33. The minimum atomic E-state index is 0.0135. The van der Waals surface area contributed by atoms with Gasteiger partial charge in [0.25, 0.3) is 0 Å². The number of ether oxygens (including phenoxy) is 1. The summed E-state index contributed by atoms with van der Waals surface area (Å²) in [5, 5.41) is 12.3. The van der Waals surface area contributed by atoms with E-state index in [4.69, 9.17) is 4.74 Å². The molecule has 28 heavy (non-hydrogen) atoms. The minimum absolute atomic E-state index is 0.0135. The standard InChI is InChI=1S/C20H21N5O2S/c1-2-27-17-9-4-3-8-16(17)25-19(15-7-5-6-12-21-15)23-24-20(25)28-13-18(26)22-14-10-11-14/h3-9,12,14H,2,10-11,13H2,1H3,(H,22,26). The lowest BCUT2D eigenvalue weighted by atomic mass is 10.2. The maximum absolute atomic E-state index is 12.1. The highest BCUT2D eigenvalue weighted by molar-refractivity contribution is 7.99. The molecular formula is C20H21N5O2S. The van der Waals surface area contributed by atoms with Crippen LogP contribution in [-0.4, -0.2) is 44.1 Å². The summed E-state index contributed by atoms with van der Waals surface area (Å²) < 4.78 is 7.71. The lowest BCUT2D eigenvalue weighted by molar-refractivity contribution is -0.118. The normalized spacial score (nSPS) is 13.3. The molecule has 1 aliphatic rings. The number of hydrogen-bond acceptors (Lipinski definition) is 6. The van der Waals surface area contributed by atoms with Crippen LogP contribution in [0.25, 0.3) is 17.2 Å². The molecule has 1 fully saturated rings. The minimum Gasteiger partial charge on any atom is -0.492 e. The molecule has 0 bridgehead atoms. The van der Waals surface area contributed by atoms with E-state index in [1.54, 1.807) is 6.20 Å². The second kappa shape index (κ2) is 8.43. The van der Waals surface area contributed by atoms with E-state index in [9.17, 15) is 4.79 Å². The van der Waals surface area contributed by atoms with Gasteiger partial charge in [-0.15, -0.1) is 10.2 Å². The third-order valence-electron chi connectivity index (χ3n) is 4.21. The molecule has 1 aliphatic carbocycles. The van der Waals surface area contributed by atoms with E-state index in [1.165, 1.54) is 11.8 Å². The molecule has 0 spiro atoms. The van der Waals surface area contributed by atoms with Crippen molar-refractivity contribution in [3.63, 3.8) is 0 Å². The van der Waals surface area contributed by atoms with Gasteiger partial charge in [0, 0.05) is 12.2 Å². The molecular weight excluding hydrogens is 374 g/mol. The van der Waals surface area contributed by atoms with Gasteiger partial charge < -0.3 is 10.1 Å². The Hall–Kier alpha value is -2.87. The van der Waals surface area contributed by atoms with Crippen molar-refractivity contribution in [1.29, 1.82) is 0 Å². The predicted octanol–water partition coefficient (Wildman–Crippen LogP) is 3.10. The van der Waals surface area contributed by atoms with E-state index in [0.717, 1.165) is 24.3 Å². The second-order valence-electron chi connectivity index (χ2n) is 6.39. The van der Waals surface area contributed by atoms with Gasteiger partial charge in [-0.05, 0) is 44.0 Å². The number of amides is 1. The predicted molar refractivity (Wildman–Crippen MR) is 108 cm³/mol. The first-order valence-corrected chi connectivity index (χ1v) is 10.3. The molecule has 1 N–H and O–H groups in total. The summed E-state index contributed by atoms with van der Waals surface area (Å²) in [6, 6.07) is 13.7. The summed E-state index contributed by atoms with van der Waals surface area (Å²) >= 11 is 1.36. The van der Waals surface area contributed by atoms with Gasteiger partial charge in [-0.3, -0.25) is 14.3 Å². The third kappa shape index (κ3) is 4.17. The number of para-hydroxylation sites is 2. The molecule has 1 saturated carbocycles. The third-order valence-corrected chi connectivity index (χ3v) is 5.14. The lowest BCUT2D eigenvalue weighted by Gasteiger charge is -2.14. The maximum Gasteiger partial charge on any atom is 0.230 e. The quantitative estimate of drug-likeness (QED) is 0.590. The van der Waals surface area contributed by atoms with Crippen molar-refractivity contribution < 1.29 is 9.53 Å². The van der Waals surface area contributed by atoms with Crippen LogP contribution in [0.5, 0.6) is 5.75 Å². The molecule has 7 nitrogen and oxygen atoms in total. The highest BCUT2D eigenvalue weighted by atomic mass is 32.2. The number of hydrogen-bond donors (Lipinski definition) is 1. The van der Waals surface area contributed by atoms with E-state index < -0.39 is 0 Å². The fraction of sp³-hybridized carbons (Fsp3) is 0.300. The number of nitrogens with zero attached hydrogens (tertiary/aromatic N) is 4. The van der Waals surface area contributed by atoms with Gasteiger partial charge in [0.15, 0.2) is 11.0 Å². The Labute approximate surface area is 167 Å². The molecule has 4 rings (SSSR count). The van der Waals surface area contributed by atoms with Crippen LogP contribution in [0.4, 0.5) is 0 Å². The van der Waals surface area contributed by atoms with E-state index >= 15 is 0 Å². The van der Waals surface area contributed by atoms with E-state index in [0.29, 0.717) is 29.3 Å². The largest absolute Gasteiger partial charge is 0.492 e. The molecule has 1 amide bonds. The van der Waals surface area contributed by atoms with Gasteiger partial charge >= 0.3 is 0 Å². The Balaban J connectivity index is 1.70. The number of thioether (sulfide) groups is 1. The molecule has 0 saturated heterocycles. The van der Waals surface area contributed by atoms with Crippen LogP contribution < -0.4 is 10.1 Å². The van der Waals surface area contributed by atoms with Crippen molar-refractivity contribution in [2.45, 2.75) is 31.0 Å². The summed E-state index contributed by atoms with van der Waals surface area (Å²) in [7, 11) is 0. The highest BCUT2D eigenvalue weighted by Crippen LogP contribution is 2.32. The van der Waals surface area contributed by atoms with Crippen molar-refractivity contribution in [3.8, 4) is 23.0 Å². The number of pyridine rings is 1. The summed E-state index contributed by atoms with van der Waals surface area (Å²) in [6.07, 6.45) is 3.86. The maximum atomic E-state index is 12.1. The van der Waals surface area contributed by atoms with Crippen LogP contribution in [0.2, 0.25) is 0 Å². The summed E-state index contributed by atoms with van der Waals surface area (Å²) in [5.41, 5.74) is 1.52. The Morgan fingerprint density at radius 2 is 2.04 bits per heavy atom. The van der Waals surface area contributed by atoms with Crippen molar-refractivity contribution in [2.24, 2.45) is 0 Å². The zero-order valence-electron chi connectivity index (χ0n) is 15.5. The van der Waals surface area contributed by atoms with Crippen LogP contribution in [0, 0.1) is 0 Å². The molecule has 144 valence electrons. The van der Waals surface area contributed by atoms with Crippen LogP contribution in [0.3, 0.4) is 0 Å². The number of carbonyl (C=O) groups excluding carboxylic acids is 1. The van der Waals surface area contributed by atoms with Gasteiger partial charge in [-0.25, -0.2) is 0 Å². The molecule has 1 aromatic carbocycles. The van der Waals surface area contributed by atoms with E-state index in [2.05, 4.69) is 20.5 Å². The smallest absolute Gasteiger partial charge is 0.230 e. The number of rotatable bonds is 8. The van der Waals surface area contributed by atoms with Crippen molar-refractivity contribution in [3.05, 3.63) is 48.7 Å². The Morgan fingerprint density at radius 3 is 2.79 bits per heavy atom. The number of nitrogens with one attached hydrogen (secondary N) is 1. The summed E-state index contributed by atoms with van der Waals surface area (Å²) in [5.74, 6) is 1.64. The molecule has 0 unspecified atom stereocenters. The van der Waals surface area contributed by atoms with Crippen molar-refractivity contribution in [2.75, 3.05) is 12.4 Å². The average Bonchev–Trinajstić information content (AvgIpc) is 3.43. The number of carbonyl (C=O) groups is 1. The van der Waals surface area contributed by atoms with Crippen LogP contribution in [0.15, 0.2) is 53.8 Å². The van der Waals surface area contributed by atoms with Gasteiger partial charge in [0.1, 0.15) is 11.4 Å². The first-order valence-electron chi connectivity index (χ1n) is 9.27. The summed E-state index contributed by atoms with van der Waals surface area (Å²) in [4.78, 5) is 16.5. The molecule has 3 aromatic rings. The fourth-order valence-electron chi connectivity index (χ4n) is 2.79. The molecule has 2 aromatic heterocycles. The van der Waals surface area contributed by atoms with Gasteiger partial charge in [0.05, 0.1) is 18.0 Å². The average molecular weight is 395 g/mol. The summed E-state index contributed by atoms with van der Waals surface area (Å²) in [6.45, 7) is 2.49. The fourth-order valence-corrected chi connectivity index (χ4v) is 3.54. The Morgan fingerprint density at radius 1 is 1.21 bits per heavy atom. The van der Waals surface area contributed by atoms with Gasteiger partial charge in [-0.1, -0.05) is 30.0 Å². The van der Waals surface area contributed by atoms with Crippen molar-refractivity contribution in [1.82, 2.24) is 25.1 Å². The zero-order valence-corrected chi connectivity index (χ0v) is 16.4. The molecule has 2 heterocycles. The highest BCUT2D eigenvalue weighted by Gasteiger charge is 2.24. The molecule has 0 radical (unpaired) electrons. The van der Waals surface area contributed by atoms with Crippen LogP contribution in [-0.2, 0) is 4.79 Å². The number of benzene rings is 1. The monoisotopic (exact) mass is 395 g/mol.